The van der Waals surface area contributed by atoms with Gasteiger partial charge in [-0.15, -0.1) is 11.6 Å². The molecule has 178 valence electrons. The Balaban J connectivity index is 1.45. The fourth-order valence-corrected chi connectivity index (χ4v) is 7.93. The lowest BCUT2D eigenvalue weighted by Gasteiger charge is -2.35. The molecule has 2 heterocycles. The molecule has 0 aromatic rings. The van der Waals surface area contributed by atoms with Crippen molar-refractivity contribution in [2.75, 3.05) is 7.11 Å². The van der Waals surface area contributed by atoms with Crippen molar-refractivity contribution in [3.05, 3.63) is 0 Å². The summed E-state index contributed by atoms with van der Waals surface area (Å²) in [4.78, 5) is 50.6. The number of rotatable bonds is 5. The first-order chi connectivity index (χ1) is 15.1. The number of amides is 4. The summed E-state index contributed by atoms with van der Waals surface area (Å²) in [6, 6.07) is -1.48. The van der Waals surface area contributed by atoms with E-state index in [2.05, 4.69) is 10.0 Å². The van der Waals surface area contributed by atoms with Gasteiger partial charge in [0.15, 0.2) is 0 Å². The second-order valence-electron chi connectivity index (χ2n) is 9.12. The Morgan fingerprint density at radius 3 is 2.41 bits per heavy atom. The fraction of sp³-hybridized carbons (Fsp3) is 0.800. The number of imide groups is 2. The van der Waals surface area contributed by atoms with Gasteiger partial charge in [0.2, 0.25) is 33.7 Å². The fourth-order valence-electron chi connectivity index (χ4n) is 5.52. The minimum atomic E-state index is -3.76. The number of piperidine rings is 1. The number of carbonyl (C=O) groups excluding carboxylic acids is 4. The van der Waals surface area contributed by atoms with Crippen molar-refractivity contribution in [3.63, 3.8) is 0 Å². The first kappa shape index (κ1) is 23.6. The average molecular weight is 490 g/mol. The van der Waals surface area contributed by atoms with Crippen LogP contribution in [0.2, 0.25) is 0 Å². The molecule has 4 fully saturated rings. The third-order valence-electron chi connectivity index (χ3n) is 7.18. The number of ether oxygens (including phenoxy) is 1. The van der Waals surface area contributed by atoms with Crippen LogP contribution >= 0.6 is 11.6 Å². The molecule has 2 saturated heterocycles. The van der Waals surface area contributed by atoms with E-state index in [-0.39, 0.29) is 31.1 Å². The Morgan fingerprint density at radius 2 is 1.72 bits per heavy atom. The predicted octanol–water partition coefficient (Wildman–Crippen LogP) is 0.0396. The molecule has 4 aliphatic rings. The van der Waals surface area contributed by atoms with Gasteiger partial charge in [0.25, 0.3) is 0 Å². The zero-order valence-corrected chi connectivity index (χ0v) is 19.4. The second-order valence-corrected chi connectivity index (χ2v) is 11.7. The third kappa shape index (κ3) is 4.32. The molecule has 2 N–H and O–H groups in total. The van der Waals surface area contributed by atoms with E-state index in [1.54, 1.807) is 0 Å². The van der Waals surface area contributed by atoms with Crippen LogP contribution < -0.4 is 10.0 Å². The van der Waals surface area contributed by atoms with Gasteiger partial charge < -0.3 is 4.74 Å². The number of carbonyl (C=O) groups is 4. The van der Waals surface area contributed by atoms with E-state index in [4.69, 9.17) is 16.3 Å². The molecule has 4 amide bonds. The van der Waals surface area contributed by atoms with Gasteiger partial charge in [-0.1, -0.05) is 0 Å². The third-order valence-corrected chi connectivity index (χ3v) is 9.53. The molecule has 10 nitrogen and oxygen atoms in total. The normalized spacial score (nSPS) is 38.6. The van der Waals surface area contributed by atoms with E-state index >= 15 is 0 Å². The number of fused-ring (bicyclic) bond motifs is 1. The molecule has 32 heavy (non-hydrogen) atoms. The van der Waals surface area contributed by atoms with Crippen LogP contribution in [-0.2, 0) is 33.9 Å². The quantitative estimate of drug-likeness (QED) is 0.410. The Labute approximate surface area is 191 Å². The lowest BCUT2D eigenvalue weighted by molar-refractivity contribution is -0.151. The summed E-state index contributed by atoms with van der Waals surface area (Å²) in [5.74, 6) is -3.19. The number of methoxy groups -OCH3 is 1. The number of nitrogens with zero attached hydrogens (tertiary/aromatic N) is 1. The van der Waals surface area contributed by atoms with Crippen LogP contribution in [0.1, 0.15) is 51.4 Å². The highest BCUT2D eigenvalue weighted by molar-refractivity contribution is 7.90. The zero-order valence-electron chi connectivity index (χ0n) is 17.8. The average Bonchev–Trinajstić information content (AvgIpc) is 2.98. The highest BCUT2D eigenvalue weighted by Crippen LogP contribution is 2.40. The number of hydrogen-bond acceptors (Lipinski definition) is 7. The van der Waals surface area contributed by atoms with E-state index in [0.717, 1.165) is 4.90 Å². The predicted molar refractivity (Wildman–Crippen MR) is 113 cm³/mol. The number of alkyl halides is 1. The molecule has 0 aromatic heterocycles. The molecule has 0 radical (unpaired) electrons. The lowest BCUT2D eigenvalue weighted by atomic mass is 9.79. The maximum Gasteiger partial charge on any atom is 0.249 e. The smallest absolute Gasteiger partial charge is 0.249 e. The van der Waals surface area contributed by atoms with Gasteiger partial charge in [0.1, 0.15) is 11.3 Å². The topological polar surface area (TPSA) is 139 Å². The summed E-state index contributed by atoms with van der Waals surface area (Å²) in [6.45, 7) is 0. The number of hydrogen-bond donors (Lipinski definition) is 2. The van der Waals surface area contributed by atoms with Gasteiger partial charge in [0, 0.05) is 24.9 Å². The molecule has 0 spiro atoms. The molecule has 2 aliphatic carbocycles. The number of sulfonamides is 1. The van der Waals surface area contributed by atoms with Gasteiger partial charge in [-0.05, 0) is 44.9 Å². The first-order valence-corrected chi connectivity index (χ1v) is 13.0. The summed E-state index contributed by atoms with van der Waals surface area (Å²) in [7, 11) is -2.27. The monoisotopic (exact) mass is 489 g/mol. The van der Waals surface area contributed by atoms with Crippen molar-refractivity contribution < 1.29 is 32.3 Å². The van der Waals surface area contributed by atoms with Gasteiger partial charge in [-0.3, -0.25) is 29.4 Å². The second kappa shape index (κ2) is 9.00. The number of halogens is 1. The molecule has 7 unspecified atom stereocenters. The van der Waals surface area contributed by atoms with Crippen LogP contribution in [0.25, 0.3) is 0 Å². The van der Waals surface area contributed by atoms with Crippen molar-refractivity contribution in [3.8, 4) is 0 Å². The first-order valence-electron chi connectivity index (χ1n) is 11.0. The van der Waals surface area contributed by atoms with Crippen LogP contribution in [0.15, 0.2) is 0 Å². The molecule has 7 atom stereocenters. The van der Waals surface area contributed by atoms with E-state index < -0.39 is 68.9 Å². The molecule has 2 saturated carbocycles. The zero-order chi connectivity index (χ0) is 23.2. The minimum absolute atomic E-state index is 0.0643. The number of nitrogens with one attached hydrogen (secondary N) is 2. The van der Waals surface area contributed by atoms with Crippen molar-refractivity contribution in [2.24, 2.45) is 11.8 Å². The number of likely N-dealkylation sites (tertiary alicyclic amines) is 1. The van der Waals surface area contributed by atoms with Gasteiger partial charge in [0.05, 0.1) is 17.9 Å². The Hall–Kier alpha value is -1.56. The largest absolute Gasteiger partial charge is 0.380 e. The Morgan fingerprint density at radius 1 is 1.00 bits per heavy atom. The standard InChI is InChI=1S/C20H28ClN3O7S/c1-31-15-6-2-10(21)8-16(15)32(29,30)23-11-3-4-12-13(9-11)20(28)24(19(12)27)14-5-7-17(25)22-18(14)26/h10-16,23H,2-9H2,1H3,(H,22,25,26). The van der Waals surface area contributed by atoms with E-state index in [1.807, 2.05) is 0 Å². The van der Waals surface area contributed by atoms with Gasteiger partial charge >= 0.3 is 0 Å². The maximum atomic E-state index is 13.1. The highest BCUT2D eigenvalue weighted by Gasteiger charge is 2.54. The Kier molecular flexibility index (Phi) is 6.63. The van der Waals surface area contributed by atoms with Crippen molar-refractivity contribution >= 4 is 45.3 Å². The molecule has 0 aromatic carbocycles. The van der Waals surface area contributed by atoms with E-state index in [1.165, 1.54) is 7.11 Å². The summed E-state index contributed by atoms with van der Waals surface area (Å²) in [6.07, 6.45) is 2.20. The van der Waals surface area contributed by atoms with Gasteiger partial charge in [-0.2, -0.15) is 0 Å². The molecule has 0 bridgehead atoms. The van der Waals surface area contributed by atoms with Crippen LogP contribution in [0.4, 0.5) is 0 Å². The summed E-state index contributed by atoms with van der Waals surface area (Å²) in [5.41, 5.74) is 0. The summed E-state index contributed by atoms with van der Waals surface area (Å²) >= 11 is 6.21. The molecular weight excluding hydrogens is 462 g/mol. The Bertz CT molecular complexity index is 926. The molecular formula is C20H28ClN3O7S. The van der Waals surface area contributed by atoms with Crippen LogP contribution in [0, 0.1) is 11.8 Å². The van der Waals surface area contributed by atoms with Crippen LogP contribution in [0.5, 0.6) is 0 Å². The molecule has 12 heteroatoms. The summed E-state index contributed by atoms with van der Waals surface area (Å²) < 4.78 is 34.3. The van der Waals surface area contributed by atoms with Crippen molar-refractivity contribution in [1.29, 1.82) is 0 Å². The van der Waals surface area contributed by atoms with Crippen LogP contribution in [0.3, 0.4) is 0 Å². The minimum Gasteiger partial charge on any atom is -0.380 e. The van der Waals surface area contributed by atoms with Crippen molar-refractivity contribution in [1.82, 2.24) is 14.9 Å². The summed E-state index contributed by atoms with van der Waals surface area (Å²) in [5, 5.41) is 1.16. The van der Waals surface area contributed by atoms with E-state index in [0.29, 0.717) is 25.7 Å². The molecule has 4 rings (SSSR count). The van der Waals surface area contributed by atoms with Gasteiger partial charge in [-0.25, -0.2) is 13.1 Å². The SMILES string of the molecule is COC1CCC(Cl)CC1S(=O)(=O)NC1CCC2C(=O)N(C3CCC(=O)NC3=O)C(=O)C2C1. The lowest BCUT2D eigenvalue weighted by Crippen LogP contribution is -2.54. The van der Waals surface area contributed by atoms with Crippen molar-refractivity contribution in [2.45, 2.75) is 80.2 Å². The maximum absolute atomic E-state index is 13.1. The highest BCUT2D eigenvalue weighted by atomic mass is 35.5. The van der Waals surface area contributed by atoms with Crippen LogP contribution in [-0.4, -0.2) is 72.9 Å². The van der Waals surface area contributed by atoms with E-state index in [9.17, 15) is 27.6 Å². The molecule has 2 aliphatic heterocycles.